The van der Waals surface area contributed by atoms with Gasteiger partial charge in [-0.05, 0) is 12.1 Å². The SMILES string of the molecule is COc1cc2c(c(OC)c1O)C(=O)c1c(O)cccc1C2=O. The van der Waals surface area contributed by atoms with E-state index in [9.17, 15) is 19.8 Å². The van der Waals surface area contributed by atoms with Crippen molar-refractivity contribution in [2.75, 3.05) is 14.2 Å². The number of fused-ring (bicyclic) bond motifs is 2. The van der Waals surface area contributed by atoms with Gasteiger partial charge in [-0.1, -0.05) is 12.1 Å². The highest BCUT2D eigenvalue weighted by Gasteiger charge is 2.36. The van der Waals surface area contributed by atoms with Crippen LogP contribution in [0.25, 0.3) is 0 Å². The van der Waals surface area contributed by atoms with Crippen LogP contribution in [0.5, 0.6) is 23.0 Å². The monoisotopic (exact) mass is 300 g/mol. The molecule has 0 radical (unpaired) electrons. The summed E-state index contributed by atoms with van der Waals surface area (Å²) in [7, 11) is 2.60. The van der Waals surface area contributed by atoms with Crippen molar-refractivity contribution in [1.82, 2.24) is 0 Å². The zero-order valence-electron chi connectivity index (χ0n) is 11.8. The van der Waals surface area contributed by atoms with Crippen LogP contribution in [-0.4, -0.2) is 36.0 Å². The zero-order chi connectivity index (χ0) is 16.0. The van der Waals surface area contributed by atoms with Gasteiger partial charge in [0.15, 0.2) is 17.3 Å². The Morgan fingerprint density at radius 1 is 0.909 bits per heavy atom. The molecule has 1 aliphatic carbocycles. The number of rotatable bonds is 2. The normalized spacial score (nSPS) is 12.6. The van der Waals surface area contributed by atoms with E-state index in [1.807, 2.05) is 0 Å². The summed E-state index contributed by atoms with van der Waals surface area (Å²) in [6.45, 7) is 0. The first kappa shape index (κ1) is 13.9. The molecule has 2 aromatic rings. The van der Waals surface area contributed by atoms with Gasteiger partial charge in [-0.25, -0.2) is 0 Å². The number of ether oxygens (including phenoxy) is 2. The van der Waals surface area contributed by atoms with Crippen molar-refractivity contribution in [3.63, 3.8) is 0 Å². The van der Waals surface area contributed by atoms with Gasteiger partial charge in [0.1, 0.15) is 5.75 Å². The maximum atomic E-state index is 12.7. The molecule has 0 bridgehead atoms. The standard InChI is InChI=1S/C16H12O6/c1-21-10-6-8-12(16(22-2)14(10)19)15(20)11-7(13(8)18)4-3-5-9(11)17/h3-6,17,19H,1-2H3. The van der Waals surface area contributed by atoms with E-state index in [0.29, 0.717) is 0 Å². The molecule has 0 atom stereocenters. The summed E-state index contributed by atoms with van der Waals surface area (Å²) in [6, 6.07) is 5.56. The van der Waals surface area contributed by atoms with E-state index in [2.05, 4.69) is 0 Å². The van der Waals surface area contributed by atoms with Crippen LogP contribution in [0.2, 0.25) is 0 Å². The molecular formula is C16H12O6. The number of methoxy groups -OCH3 is 2. The second-order valence-electron chi connectivity index (χ2n) is 4.74. The fraction of sp³-hybridized carbons (Fsp3) is 0.125. The summed E-state index contributed by atoms with van der Waals surface area (Å²) in [5.41, 5.74) is -0.00966. The molecule has 2 N–H and O–H groups in total. The average Bonchev–Trinajstić information content (AvgIpc) is 2.51. The largest absolute Gasteiger partial charge is 0.507 e. The molecule has 0 aromatic heterocycles. The van der Waals surface area contributed by atoms with Gasteiger partial charge < -0.3 is 19.7 Å². The zero-order valence-corrected chi connectivity index (χ0v) is 11.8. The van der Waals surface area contributed by atoms with Gasteiger partial charge in [-0.2, -0.15) is 0 Å². The van der Waals surface area contributed by atoms with Crippen molar-refractivity contribution < 1.29 is 29.3 Å². The van der Waals surface area contributed by atoms with Crippen molar-refractivity contribution in [1.29, 1.82) is 0 Å². The van der Waals surface area contributed by atoms with E-state index in [0.717, 1.165) is 0 Å². The Labute approximate surface area is 125 Å². The third-order valence-corrected chi connectivity index (χ3v) is 3.63. The number of aromatic hydroxyl groups is 2. The topological polar surface area (TPSA) is 93.1 Å². The number of carbonyl (C=O) groups is 2. The lowest BCUT2D eigenvalue weighted by atomic mass is 9.82. The first-order chi connectivity index (χ1) is 10.5. The second-order valence-corrected chi connectivity index (χ2v) is 4.74. The molecule has 3 rings (SSSR count). The number of phenolic OH excluding ortho intramolecular Hbond substituents is 2. The molecule has 0 unspecified atom stereocenters. The number of carbonyl (C=O) groups excluding carboxylic acids is 2. The van der Waals surface area contributed by atoms with Crippen molar-refractivity contribution >= 4 is 11.6 Å². The number of hydrogen-bond acceptors (Lipinski definition) is 6. The Morgan fingerprint density at radius 3 is 2.27 bits per heavy atom. The van der Waals surface area contributed by atoms with Crippen LogP contribution in [-0.2, 0) is 0 Å². The van der Waals surface area contributed by atoms with E-state index in [-0.39, 0.29) is 45.3 Å². The first-order valence-electron chi connectivity index (χ1n) is 6.40. The molecule has 0 saturated carbocycles. The molecular weight excluding hydrogens is 288 g/mol. The summed E-state index contributed by atoms with van der Waals surface area (Å²) in [4.78, 5) is 25.3. The van der Waals surface area contributed by atoms with Crippen LogP contribution < -0.4 is 9.47 Å². The Bertz CT molecular complexity index is 822. The minimum atomic E-state index is -0.586. The highest BCUT2D eigenvalue weighted by atomic mass is 16.5. The van der Waals surface area contributed by atoms with Crippen LogP contribution in [0, 0.1) is 0 Å². The molecule has 0 saturated heterocycles. The van der Waals surface area contributed by atoms with Crippen molar-refractivity contribution in [3.8, 4) is 23.0 Å². The van der Waals surface area contributed by atoms with Gasteiger partial charge in [0.05, 0.1) is 25.3 Å². The molecule has 0 amide bonds. The van der Waals surface area contributed by atoms with Gasteiger partial charge in [0.2, 0.25) is 11.5 Å². The molecule has 6 nitrogen and oxygen atoms in total. The number of benzene rings is 2. The number of hydrogen-bond donors (Lipinski definition) is 2. The van der Waals surface area contributed by atoms with Crippen molar-refractivity contribution in [2.45, 2.75) is 0 Å². The van der Waals surface area contributed by atoms with Crippen LogP contribution in [0.15, 0.2) is 24.3 Å². The summed E-state index contributed by atoms with van der Waals surface area (Å²) < 4.78 is 10.1. The summed E-state index contributed by atoms with van der Waals surface area (Å²) in [6.07, 6.45) is 0. The summed E-state index contributed by atoms with van der Waals surface area (Å²) in [5, 5.41) is 20.0. The van der Waals surface area contributed by atoms with Gasteiger partial charge >= 0.3 is 0 Å². The van der Waals surface area contributed by atoms with E-state index in [1.165, 1.54) is 38.5 Å². The smallest absolute Gasteiger partial charge is 0.202 e. The highest BCUT2D eigenvalue weighted by Crippen LogP contribution is 2.45. The Morgan fingerprint density at radius 2 is 1.64 bits per heavy atom. The number of ketones is 2. The minimum absolute atomic E-state index is 0.0281. The predicted molar refractivity (Wildman–Crippen MR) is 76.2 cm³/mol. The summed E-state index contributed by atoms with van der Waals surface area (Å²) in [5.74, 6) is -1.82. The Balaban J connectivity index is 2.40. The molecule has 22 heavy (non-hydrogen) atoms. The molecule has 112 valence electrons. The maximum absolute atomic E-state index is 12.7. The van der Waals surface area contributed by atoms with E-state index < -0.39 is 11.6 Å². The molecule has 0 aliphatic heterocycles. The minimum Gasteiger partial charge on any atom is -0.507 e. The molecule has 6 heteroatoms. The second kappa shape index (κ2) is 4.77. The predicted octanol–water partition coefficient (Wildman–Crippen LogP) is 1.89. The van der Waals surface area contributed by atoms with Crippen molar-refractivity contribution in [2.24, 2.45) is 0 Å². The van der Waals surface area contributed by atoms with Gasteiger partial charge in [-0.15, -0.1) is 0 Å². The molecule has 0 heterocycles. The van der Waals surface area contributed by atoms with Crippen LogP contribution in [0.1, 0.15) is 31.8 Å². The van der Waals surface area contributed by atoms with Gasteiger partial charge in [-0.3, -0.25) is 9.59 Å². The average molecular weight is 300 g/mol. The number of phenols is 2. The first-order valence-corrected chi connectivity index (χ1v) is 6.40. The molecule has 0 fully saturated rings. The fourth-order valence-corrected chi connectivity index (χ4v) is 2.62. The third-order valence-electron chi connectivity index (χ3n) is 3.63. The summed E-state index contributed by atoms with van der Waals surface area (Å²) >= 11 is 0. The van der Waals surface area contributed by atoms with E-state index in [4.69, 9.17) is 9.47 Å². The molecule has 2 aromatic carbocycles. The Kier molecular flexibility index (Phi) is 3.02. The maximum Gasteiger partial charge on any atom is 0.202 e. The fourth-order valence-electron chi connectivity index (χ4n) is 2.62. The highest BCUT2D eigenvalue weighted by molar-refractivity contribution is 6.30. The van der Waals surface area contributed by atoms with Crippen LogP contribution >= 0.6 is 0 Å². The van der Waals surface area contributed by atoms with Crippen LogP contribution in [0.4, 0.5) is 0 Å². The van der Waals surface area contributed by atoms with Gasteiger partial charge in [0.25, 0.3) is 0 Å². The lowest BCUT2D eigenvalue weighted by Gasteiger charge is -2.22. The van der Waals surface area contributed by atoms with E-state index >= 15 is 0 Å². The Hall–Kier alpha value is -3.02. The lowest BCUT2D eigenvalue weighted by Crippen LogP contribution is -2.22. The lowest BCUT2D eigenvalue weighted by molar-refractivity contribution is 0.0973. The molecule has 0 spiro atoms. The third kappa shape index (κ3) is 1.67. The van der Waals surface area contributed by atoms with Gasteiger partial charge in [0, 0.05) is 11.1 Å². The van der Waals surface area contributed by atoms with E-state index in [1.54, 1.807) is 0 Å². The van der Waals surface area contributed by atoms with Crippen molar-refractivity contribution in [3.05, 3.63) is 46.5 Å². The molecule has 1 aliphatic rings. The quantitative estimate of drug-likeness (QED) is 0.750. The van der Waals surface area contributed by atoms with Crippen LogP contribution in [0.3, 0.4) is 0 Å².